The zero-order valence-corrected chi connectivity index (χ0v) is 15.2. The summed E-state index contributed by atoms with van der Waals surface area (Å²) in [4.78, 5) is 11.6. The van der Waals surface area contributed by atoms with Crippen LogP contribution in [0, 0.1) is 0 Å². The summed E-state index contributed by atoms with van der Waals surface area (Å²) in [5, 5.41) is 0. The Balaban J connectivity index is 2.63. The van der Waals surface area contributed by atoms with Gasteiger partial charge in [-0.15, -0.1) is 0 Å². The first-order valence-electron chi connectivity index (χ1n) is 6.57. The van der Waals surface area contributed by atoms with Gasteiger partial charge in [-0.3, -0.25) is 4.55 Å². The lowest BCUT2D eigenvalue weighted by Gasteiger charge is -2.23. The minimum absolute atomic E-state index is 0.0509. The van der Waals surface area contributed by atoms with Crippen molar-refractivity contribution in [3.05, 3.63) is 52.5 Å². The highest BCUT2D eigenvalue weighted by Crippen LogP contribution is 2.37. The molecule has 0 radical (unpaired) electrons. The predicted octanol–water partition coefficient (Wildman–Crippen LogP) is 3.19. The minimum atomic E-state index is -4.63. The number of esters is 1. The molecule has 0 aliphatic heterocycles. The lowest BCUT2D eigenvalue weighted by atomic mass is 10.2. The molecule has 0 saturated carbocycles. The van der Waals surface area contributed by atoms with Gasteiger partial charge in [0.25, 0.3) is 0 Å². The van der Waals surface area contributed by atoms with Crippen molar-refractivity contribution in [3.8, 4) is 5.75 Å². The summed E-state index contributed by atoms with van der Waals surface area (Å²) in [5.41, 5.74) is 0.434. The van der Waals surface area contributed by atoms with Crippen LogP contribution in [-0.4, -0.2) is 33.2 Å². The number of nitrogens with zero attached hydrogens (tertiary/aromatic N) is 1. The molecule has 2 rings (SSSR count). The highest BCUT2D eigenvalue weighted by atomic mass is 79.9. The molecule has 0 atom stereocenters. The third-order valence-corrected chi connectivity index (χ3v) is 4.51. The van der Waals surface area contributed by atoms with Crippen molar-refractivity contribution in [2.45, 2.75) is 0 Å². The number of rotatable bonds is 5. The van der Waals surface area contributed by atoms with Gasteiger partial charge in [-0.2, -0.15) is 8.42 Å². The number of halogens is 1. The van der Waals surface area contributed by atoms with Crippen molar-refractivity contribution >= 4 is 43.6 Å². The lowest BCUT2D eigenvalue weighted by molar-refractivity contribution is 0.0600. The molecule has 0 bridgehead atoms. The van der Waals surface area contributed by atoms with E-state index in [0.29, 0.717) is 4.31 Å². The second kappa shape index (κ2) is 7.20. The summed E-state index contributed by atoms with van der Waals surface area (Å²) in [6.45, 7) is 0. The Bertz CT molecular complexity index is 851. The first-order valence-corrected chi connectivity index (χ1v) is 8.76. The SMILES string of the molecule is COC(=O)c1ccc(N(c2ccc(Br)cc2)S(=O)(=O)O)c(OC)c1. The third-order valence-electron chi connectivity index (χ3n) is 3.11. The Hall–Kier alpha value is -2.10. The Morgan fingerprint density at radius 2 is 1.75 bits per heavy atom. The number of carbonyl (C=O) groups excluding carboxylic acids is 1. The van der Waals surface area contributed by atoms with Gasteiger partial charge in [-0.25, -0.2) is 9.10 Å². The van der Waals surface area contributed by atoms with Crippen LogP contribution in [0.15, 0.2) is 46.9 Å². The monoisotopic (exact) mass is 415 g/mol. The maximum atomic E-state index is 11.9. The molecular formula is C15H14BrNO6S. The Kier molecular flexibility index (Phi) is 5.47. The van der Waals surface area contributed by atoms with Crippen molar-refractivity contribution < 1.29 is 27.2 Å². The average Bonchev–Trinajstić information content (AvgIpc) is 2.55. The summed E-state index contributed by atoms with van der Waals surface area (Å²) in [6.07, 6.45) is 0. The standard InChI is InChI=1S/C15H14BrNO6S/c1-22-14-9-10(15(18)23-2)3-8-13(14)17(24(19,20)21)12-6-4-11(16)5-7-12/h3-9H,1-2H3,(H,19,20,21). The molecule has 0 amide bonds. The zero-order chi connectivity index (χ0) is 17.9. The fraction of sp³-hybridized carbons (Fsp3) is 0.133. The van der Waals surface area contributed by atoms with E-state index >= 15 is 0 Å². The molecule has 0 aliphatic carbocycles. The number of anilines is 2. The van der Waals surface area contributed by atoms with Crippen LogP contribution in [0.3, 0.4) is 0 Å². The van der Waals surface area contributed by atoms with Gasteiger partial charge in [-0.05, 0) is 42.5 Å². The number of methoxy groups -OCH3 is 2. The van der Waals surface area contributed by atoms with Crippen molar-refractivity contribution in [2.24, 2.45) is 0 Å². The van der Waals surface area contributed by atoms with E-state index in [0.717, 1.165) is 4.47 Å². The van der Waals surface area contributed by atoms with E-state index in [2.05, 4.69) is 20.7 Å². The molecule has 0 spiro atoms. The molecule has 1 N–H and O–H groups in total. The van der Waals surface area contributed by atoms with Gasteiger partial charge in [0, 0.05) is 4.47 Å². The molecular weight excluding hydrogens is 402 g/mol. The van der Waals surface area contributed by atoms with Gasteiger partial charge in [0.05, 0.1) is 25.5 Å². The normalized spacial score (nSPS) is 11.0. The highest BCUT2D eigenvalue weighted by molar-refractivity contribution is 9.10. The van der Waals surface area contributed by atoms with E-state index in [4.69, 9.17) is 4.74 Å². The van der Waals surface area contributed by atoms with E-state index in [1.165, 1.54) is 44.6 Å². The summed E-state index contributed by atoms with van der Waals surface area (Å²) in [7, 11) is -2.08. The Labute approximate surface area is 147 Å². The molecule has 24 heavy (non-hydrogen) atoms. The summed E-state index contributed by atoms with van der Waals surface area (Å²) < 4.78 is 44.6. The third kappa shape index (κ3) is 3.86. The van der Waals surface area contributed by atoms with E-state index in [1.54, 1.807) is 12.1 Å². The first kappa shape index (κ1) is 18.2. The number of benzene rings is 2. The smallest absolute Gasteiger partial charge is 0.364 e. The fourth-order valence-corrected chi connectivity index (χ4v) is 3.12. The van der Waals surface area contributed by atoms with Gasteiger partial charge in [0.15, 0.2) is 0 Å². The zero-order valence-electron chi connectivity index (χ0n) is 12.8. The van der Waals surface area contributed by atoms with Gasteiger partial charge < -0.3 is 9.47 Å². The largest absolute Gasteiger partial charge is 0.495 e. The van der Waals surface area contributed by atoms with Gasteiger partial charge in [-0.1, -0.05) is 15.9 Å². The van der Waals surface area contributed by atoms with Crippen molar-refractivity contribution in [2.75, 3.05) is 18.5 Å². The lowest BCUT2D eigenvalue weighted by Crippen LogP contribution is -2.25. The number of hydrogen-bond acceptors (Lipinski definition) is 5. The predicted molar refractivity (Wildman–Crippen MR) is 92.2 cm³/mol. The van der Waals surface area contributed by atoms with E-state index < -0.39 is 16.3 Å². The van der Waals surface area contributed by atoms with Gasteiger partial charge in [0.2, 0.25) is 0 Å². The maximum absolute atomic E-state index is 11.9. The second-order valence-corrected chi connectivity index (χ2v) is 6.77. The van der Waals surface area contributed by atoms with Crippen LogP contribution in [-0.2, 0) is 15.0 Å². The number of ether oxygens (including phenoxy) is 2. The topological polar surface area (TPSA) is 93.1 Å². The van der Waals surface area contributed by atoms with Crippen molar-refractivity contribution in [1.82, 2.24) is 0 Å². The molecule has 9 heteroatoms. The van der Waals surface area contributed by atoms with Crippen LogP contribution in [0.4, 0.5) is 11.4 Å². The minimum Gasteiger partial charge on any atom is -0.495 e. The molecule has 0 heterocycles. The molecule has 2 aromatic carbocycles. The van der Waals surface area contributed by atoms with Crippen LogP contribution >= 0.6 is 15.9 Å². The summed E-state index contributed by atoms with van der Waals surface area (Å²) >= 11 is 3.26. The van der Waals surface area contributed by atoms with Crippen LogP contribution < -0.4 is 9.04 Å². The van der Waals surface area contributed by atoms with Crippen LogP contribution in [0.25, 0.3) is 0 Å². The quantitative estimate of drug-likeness (QED) is 0.595. The van der Waals surface area contributed by atoms with Crippen molar-refractivity contribution in [1.29, 1.82) is 0 Å². The average molecular weight is 416 g/mol. The molecule has 7 nitrogen and oxygen atoms in total. The molecule has 2 aromatic rings. The molecule has 128 valence electrons. The van der Waals surface area contributed by atoms with E-state index in [9.17, 15) is 17.8 Å². The fourth-order valence-electron chi connectivity index (χ4n) is 2.06. The summed E-state index contributed by atoms with van der Waals surface area (Å²) in [6, 6.07) is 10.3. The molecule has 0 fully saturated rings. The van der Waals surface area contributed by atoms with Crippen LogP contribution in [0.5, 0.6) is 5.75 Å². The molecule has 0 aromatic heterocycles. The van der Waals surface area contributed by atoms with E-state index in [1.807, 2.05) is 0 Å². The van der Waals surface area contributed by atoms with Crippen LogP contribution in [0.1, 0.15) is 10.4 Å². The van der Waals surface area contributed by atoms with Crippen molar-refractivity contribution in [3.63, 3.8) is 0 Å². The Morgan fingerprint density at radius 1 is 1.12 bits per heavy atom. The molecule has 0 saturated heterocycles. The number of hydrogen-bond donors (Lipinski definition) is 1. The first-order chi connectivity index (χ1) is 11.3. The Morgan fingerprint density at radius 3 is 2.25 bits per heavy atom. The van der Waals surface area contributed by atoms with Gasteiger partial charge >= 0.3 is 16.3 Å². The van der Waals surface area contributed by atoms with Crippen LogP contribution in [0.2, 0.25) is 0 Å². The maximum Gasteiger partial charge on any atom is 0.364 e. The second-order valence-electron chi connectivity index (χ2n) is 4.60. The molecule has 0 unspecified atom stereocenters. The van der Waals surface area contributed by atoms with Gasteiger partial charge in [0.1, 0.15) is 11.4 Å². The van der Waals surface area contributed by atoms with E-state index in [-0.39, 0.29) is 22.7 Å². The number of carbonyl (C=O) groups is 1. The highest BCUT2D eigenvalue weighted by Gasteiger charge is 2.26. The summed E-state index contributed by atoms with van der Waals surface area (Å²) in [5.74, 6) is -0.514. The molecule has 0 aliphatic rings.